The Hall–Kier alpha value is -4.44. The molecule has 55 heavy (non-hydrogen) atoms. The molecule has 0 saturated heterocycles. The number of hydrogen-bond acceptors (Lipinski definition) is 5. The molecular weight excluding hydrogens is 682 g/mol. The summed E-state index contributed by atoms with van der Waals surface area (Å²) >= 11 is 0. The molecule has 286 valence electrons. The number of ketones is 1. The maximum absolute atomic E-state index is 15.2. The maximum atomic E-state index is 15.2. The number of aromatic nitrogens is 4. The second-order valence-electron chi connectivity index (χ2n) is 18.3. The lowest BCUT2D eigenvalue weighted by Crippen LogP contribution is -2.58. The van der Waals surface area contributed by atoms with E-state index in [2.05, 4.69) is 86.4 Å². The van der Waals surface area contributed by atoms with Crippen molar-refractivity contribution < 1.29 is 9.18 Å². The van der Waals surface area contributed by atoms with Gasteiger partial charge in [-0.3, -0.25) is 9.36 Å². The van der Waals surface area contributed by atoms with E-state index >= 15 is 4.39 Å². The van der Waals surface area contributed by atoms with Gasteiger partial charge in [-0.15, -0.1) is 0 Å². The zero-order chi connectivity index (χ0) is 38.6. The molecule has 0 N–H and O–H groups in total. The number of allylic oxidation sites excluding steroid dienone is 2. The second kappa shape index (κ2) is 14.9. The van der Waals surface area contributed by atoms with Crippen LogP contribution in [0.3, 0.4) is 0 Å². The molecule has 4 aliphatic carbocycles. The van der Waals surface area contributed by atoms with Gasteiger partial charge in [-0.05, 0) is 122 Å². The number of carbonyl (C=O) groups excluding carboxylic acids is 1. The third-order valence-corrected chi connectivity index (χ3v) is 14.4. The normalized spacial score (nSPS) is 30.8. The highest BCUT2D eigenvalue weighted by atomic mass is 19.1. The van der Waals surface area contributed by atoms with Gasteiger partial charge in [-0.1, -0.05) is 84.7 Å². The molecular formula is C48H56FN5O. The van der Waals surface area contributed by atoms with Crippen LogP contribution in [0.4, 0.5) is 4.39 Å². The van der Waals surface area contributed by atoms with E-state index in [0.29, 0.717) is 41.1 Å². The Bertz CT molecular complexity index is 2130. The highest BCUT2D eigenvalue weighted by Gasteiger charge is 2.62. The van der Waals surface area contributed by atoms with Crippen molar-refractivity contribution in [2.75, 3.05) is 0 Å². The van der Waals surface area contributed by atoms with E-state index in [0.717, 1.165) is 78.1 Å². The molecule has 2 aromatic carbocycles. The minimum Gasteiger partial charge on any atom is -0.296 e. The van der Waals surface area contributed by atoms with Gasteiger partial charge in [-0.25, -0.2) is 19.3 Å². The third-order valence-electron chi connectivity index (χ3n) is 14.4. The van der Waals surface area contributed by atoms with Gasteiger partial charge in [0.25, 0.3) is 0 Å². The molecule has 0 spiro atoms. The zero-order valence-electron chi connectivity index (χ0n) is 33.4. The van der Waals surface area contributed by atoms with Crippen molar-refractivity contribution in [3.05, 3.63) is 96.1 Å². The van der Waals surface area contributed by atoms with Crippen LogP contribution in [0.25, 0.3) is 28.2 Å². The Morgan fingerprint density at radius 2 is 1.53 bits per heavy atom. The Morgan fingerprint density at radius 3 is 2.24 bits per heavy atom. The summed E-state index contributed by atoms with van der Waals surface area (Å²) in [4.78, 5) is 29.3. The summed E-state index contributed by atoms with van der Waals surface area (Å²) in [5.74, 6) is 3.49. The standard InChI is InChI=1S/C48H56FN5O/c1-28(2)38-15-13-30(5)19-40(38)44-41-17-18-43-46(48(41,23-34(24-50)45(44)55)42-20-31(6)14-16-39(42)29(3)4)53-47(54(43)37-12-8-11-36(49)22-37)33-10-7-9-32(21-33)35-25-51-27-52-26-35/h7-12,21-23,25-31,38-42,44H,13-20H2,1-6H3/t30?,31?,38?,39?,40?,41-,42?,44-,48-/m1/s1. The highest BCUT2D eigenvalue weighted by Crippen LogP contribution is 2.63. The van der Waals surface area contributed by atoms with Crippen molar-refractivity contribution >= 4 is 5.78 Å². The predicted octanol–water partition coefficient (Wildman–Crippen LogP) is 11.0. The van der Waals surface area contributed by atoms with Crippen LogP contribution >= 0.6 is 0 Å². The first-order valence-corrected chi connectivity index (χ1v) is 20.9. The molecule has 4 aliphatic rings. The molecule has 0 bridgehead atoms. The minimum absolute atomic E-state index is 0.0224. The predicted molar refractivity (Wildman–Crippen MR) is 215 cm³/mol. The van der Waals surface area contributed by atoms with E-state index in [1.165, 1.54) is 25.2 Å². The molecule has 2 heterocycles. The van der Waals surface area contributed by atoms with E-state index in [1.54, 1.807) is 12.1 Å². The lowest BCUT2D eigenvalue weighted by atomic mass is 9.45. The van der Waals surface area contributed by atoms with Crippen molar-refractivity contribution in [3.8, 4) is 34.3 Å². The summed E-state index contributed by atoms with van der Waals surface area (Å²) < 4.78 is 17.4. The molecule has 6 unspecified atom stereocenters. The Labute approximate surface area is 326 Å². The van der Waals surface area contributed by atoms with Gasteiger partial charge in [0, 0.05) is 40.5 Å². The van der Waals surface area contributed by atoms with E-state index in [9.17, 15) is 10.1 Å². The fraction of sp³-hybridized carbons (Fsp3) is 0.521. The van der Waals surface area contributed by atoms with Gasteiger partial charge in [-0.2, -0.15) is 5.26 Å². The molecule has 0 radical (unpaired) electrons. The first-order valence-electron chi connectivity index (χ1n) is 20.9. The Balaban J connectivity index is 1.43. The molecule has 7 heteroatoms. The lowest BCUT2D eigenvalue weighted by molar-refractivity contribution is -0.130. The number of halogens is 1. The molecule has 0 amide bonds. The van der Waals surface area contributed by atoms with Gasteiger partial charge in [0.15, 0.2) is 5.78 Å². The topological polar surface area (TPSA) is 84.5 Å². The largest absolute Gasteiger partial charge is 0.296 e. The van der Waals surface area contributed by atoms with Crippen LogP contribution in [0.5, 0.6) is 0 Å². The summed E-state index contributed by atoms with van der Waals surface area (Å²) in [5.41, 5.74) is 5.29. The Morgan fingerprint density at radius 1 is 0.836 bits per heavy atom. The molecule has 4 aromatic rings. The molecule has 2 saturated carbocycles. The number of benzene rings is 2. The fourth-order valence-electron chi connectivity index (χ4n) is 12.0. The maximum Gasteiger partial charge on any atom is 0.176 e. The van der Waals surface area contributed by atoms with Gasteiger partial charge in [0.1, 0.15) is 24.0 Å². The number of imidazole rings is 1. The van der Waals surface area contributed by atoms with Gasteiger partial charge in [0.2, 0.25) is 0 Å². The van der Waals surface area contributed by atoms with E-state index in [4.69, 9.17) is 4.98 Å². The summed E-state index contributed by atoms with van der Waals surface area (Å²) in [6.45, 7) is 14.1. The van der Waals surface area contributed by atoms with E-state index in [1.807, 2.05) is 24.5 Å². The molecule has 2 fully saturated rings. The smallest absolute Gasteiger partial charge is 0.176 e. The second-order valence-corrected chi connectivity index (χ2v) is 18.3. The van der Waals surface area contributed by atoms with Crippen LogP contribution in [-0.4, -0.2) is 25.3 Å². The van der Waals surface area contributed by atoms with Crippen molar-refractivity contribution in [3.63, 3.8) is 0 Å². The van der Waals surface area contributed by atoms with E-state index in [-0.39, 0.29) is 35.3 Å². The van der Waals surface area contributed by atoms with E-state index < -0.39 is 5.41 Å². The summed E-state index contributed by atoms with van der Waals surface area (Å²) in [5, 5.41) is 11.0. The quantitative estimate of drug-likeness (QED) is 0.189. The first-order chi connectivity index (χ1) is 26.5. The monoisotopic (exact) mass is 737 g/mol. The number of hydrogen-bond donors (Lipinski definition) is 0. The number of carbonyl (C=O) groups is 1. The fourth-order valence-corrected chi connectivity index (χ4v) is 12.0. The van der Waals surface area contributed by atoms with Crippen LogP contribution in [0.2, 0.25) is 0 Å². The Kier molecular flexibility index (Phi) is 10.2. The number of rotatable bonds is 7. The van der Waals surface area contributed by atoms with Crippen LogP contribution in [0.1, 0.15) is 97.9 Å². The number of nitrogens with zero attached hydrogens (tertiary/aromatic N) is 5. The molecule has 0 aliphatic heterocycles. The molecule has 8 rings (SSSR count). The minimum atomic E-state index is -0.624. The lowest BCUT2D eigenvalue weighted by Gasteiger charge is -2.58. The van der Waals surface area contributed by atoms with Crippen LogP contribution in [-0.2, 0) is 16.6 Å². The first kappa shape index (κ1) is 37.5. The molecule has 9 atom stereocenters. The highest BCUT2D eigenvalue weighted by molar-refractivity contribution is 6.02. The zero-order valence-corrected chi connectivity index (χ0v) is 33.4. The average molecular weight is 738 g/mol. The van der Waals surface area contributed by atoms with Crippen LogP contribution < -0.4 is 0 Å². The molecule has 6 nitrogen and oxygen atoms in total. The van der Waals surface area contributed by atoms with Crippen molar-refractivity contribution in [2.24, 2.45) is 59.2 Å². The number of fused-ring (bicyclic) bond motifs is 3. The van der Waals surface area contributed by atoms with Gasteiger partial charge < -0.3 is 0 Å². The van der Waals surface area contributed by atoms with Crippen molar-refractivity contribution in [2.45, 2.75) is 98.3 Å². The van der Waals surface area contributed by atoms with Crippen molar-refractivity contribution in [1.29, 1.82) is 5.26 Å². The summed E-state index contributed by atoms with van der Waals surface area (Å²) in [6, 6.07) is 17.7. The number of Topliss-reactive ketones (excluding diaryl/α,β-unsaturated/α-hetero) is 1. The summed E-state index contributed by atoms with van der Waals surface area (Å²) in [7, 11) is 0. The van der Waals surface area contributed by atoms with Gasteiger partial charge in [0.05, 0.1) is 17.0 Å². The summed E-state index contributed by atoms with van der Waals surface area (Å²) in [6.07, 6.45) is 15.5. The van der Waals surface area contributed by atoms with Crippen LogP contribution in [0, 0.1) is 76.3 Å². The SMILES string of the molecule is CC1CCC(C(C)C)C([C@H]2C(=O)C(C#N)=C[C@@]3(C4CC(C)CCC4C(C)C)c4nc(-c5cccc(-c6cncnc6)c5)n(-c5cccc(F)c5)c4CC[C@H]23)C1. The molecule has 2 aromatic heterocycles. The van der Waals surface area contributed by atoms with Crippen molar-refractivity contribution in [1.82, 2.24) is 19.5 Å². The third kappa shape index (κ3) is 6.48. The number of nitriles is 1. The average Bonchev–Trinajstić information content (AvgIpc) is 3.58. The van der Waals surface area contributed by atoms with Gasteiger partial charge >= 0.3 is 0 Å². The van der Waals surface area contributed by atoms with Crippen LogP contribution in [0.15, 0.2) is 78.9 Å².